The molecule has 0 heterocycles. The van der Waals surface area contributed by atoms with E-state index in [2.05, 4.69) is 94.5 Å². The predicted molar refractivity (Wildman–Crippen MR) is 179 cm³/mol. The Kier molecular flexibility index (Phi) is 11.2. The summed E-state index contributed by atoms with van der Waals surface area (Å²) in [7, 11) is 0. The van der Waals surface area contributed by atoms with Gasteiger partial charge in [0.15, 0.2) is 0 Å². The molecule has 0 saturated carbocycles. The molecule has 0 bridgehead atoms. The molecule has 5 aromatic carbocycles. The molecule has 0 nitrogen and oxygen atoms in total. The third-order valence-electron chi connectivity index (χ3n) is 8.64. The number of rotatable bonds is 2. The SMILES string of the molecule is CC1(C)C=Cc2cc3c(cc21)[cH-]c1cc2c(cc13)C=CC2(C)C.Fc1ccc([C](=[Zr+2])c2ccc(F)cc2)cc1.[C-]1=CC=CC1.[Cl-].[Cl-]. The van der Waals surface area contributed by atoms with Crippen LogP contribution in [0.25, 0.3) is 33.7 Å². The molecule has 0 radical (unpaired) electrons. The molecule has 0 saturated heterocycles. The number of hydrogen-bond donors (Lipinski definition) is 0. The van der Waals surface area contributed by atoms with Crippen LogP contribution in [0.15, 0.2) is 109 Å². The molecule has 3 aliphatic rings. The average molecular weight is 727 g/mol. The van der Waals surface area contributed by atoms with Crippen LogP contribution in [0.3, 0.4) is 0 Å². The van der Waals surface area contributed by atoms with Gasteiger partial charge in [-0.2, -0.15) is 6.08 Å². The quantitative estimate of drug-likeness (QED) is 0.232. The first-order chi connectivity index (χ1) is 21.0. The third-order valence-corrected chi connectivity index (χ3v) is 10.1. The van der Waals surface area contributed by atoms with Crippen molar-refractivity contribution in [2.24, 2.45) is 0 Å². The number of hydrogen-bond acceptors (Lipinski definition) is 0. The maximum Gasteiger partial charge on any atom is -0.109 e. The first-order valence-electron chi connectivity index (χ1n) is 14.9. The van der Waals surface area contributed by atoms with Crippen LogP contribution in [0.4, 0.5) is 8.78 Å². The van der Waals surface area contributed by atoms with Crippen molar-refractivity contribution in [1.29, 1.82) is 0 Å². The largest absolute Gasteiger partial charge is 1.00 e. The molecule has 0 fully saturated rings. The fourth-order valence-corrected chi connectivity index (χ4v) is 6.87. The van der Waals surface area contributed by atoms with Crippen molar-refractivity contribution in [3.05, 3.63) is 160 Å². The van der Waals surface area contributed by atoms with E-state index < -0.39 is 0 Å². The maximum atomic E-state index is 12.8. The monoisotopic (exact) mass is 724 g/mol. The topological polar surface area (TPSA) is 0 Å². The number of allylic oxidation sites excluding steroid dienone is 6. The van der Waals surface area contributed by atoms with Gasteiger partial charge < -0.3 is 24.8 Å². The Morgan fingerprint density at radius 3 is 1.48 bits per heavy atom. The fourth-order valence-electron chi connectivity index (χ4n) is 6.05. The summed E-state index contributed by atoms with van der Waals surface area (Å²) >= 11 is 1.22. The van der Waals surface area contributed by atoms with E-state index in [1.807, 2.05) is 12.2 Å². The minimum absolute atomic E-state index is 0. The molecule has 0 atom stereocenters. The molecule has 0 N–H and O–H groups in total. The zero-order chi connectivity index (χ0) is 31.1. The third kappa shape index (κ3) is 7.39. The second-order valence-corrected chi connectivity index (χ2v) is 13.9. The van der Waals surface area contributed by atoms with Crippen molar-refractivity contribution < 1.29 is 57.8 Å². The minimum atomic E-state index is -0.244. The summed E-state index contributed by atoms with van der Waals surface area (Å²) in [5.41, 5.74) is 7.93. The van der Waals surface area contributed by atoms with Gasteiger partial charge in [-0.3, -0.25) is 6.08 Å². The second-order valence-electron chi connectivity index (χ2n) is 12.7. The van der Waals surface area contributed by atoms with Crippen LogP contribution in [0.2, 0.25) is 0 Å². The van der Waals surface area contributed by atoms with E-state index in [9.17, 15) is 8.78 Å². The summed E-state index contributed by atoms with van der Waals surface area (Å²) < 4.78 is 26.6. The van der Waals surface area contributed by atoms with Gasteiger partial charge in [0.25, 0.3) is 0 Å². The molecule has 232 valence electrons. The fraction of sp³-hybridized carbons (Fsp3) is 0.171. The van der Waals surface area contributed by atoms with Crippen molar-refractivity contribution in [2.45, 2.75) is 44.9 Å². The van der Waals surface area contributed by atoms with Crippen LogP contribution in [-0.2, 0) is 35.1 Å². The second kappa shape index (κ2) is 14.3. The molecule has 0 aliphatic heterocycles. The van der Waals surface area contributed by atoms with E-state index >= 15 is 0 Å². The molecule has 8 rings (SSSR count). The van der Waals surface area contributed by atoms with Crippen molar-refractivity contribution >= 4 is 36.9 Å². The number of fused-ring (bicyclic) bond motifs is 5. The number of benzene rings is 4. The van der Waals surface area contributed by atoms with Crippen molar-refractivity contribution in [2.75, 3.05) is 0 Å². The van der Waals surface area contributed by atoms with Gasteiger partial charge in [0.2, 0.25) is 0 Å². The Balaban J connectivity index is 0.000000183. The van der Waals surface area contributed by atoms with Gasteiger partial charge in [0.05, 0.1) is 0 Å². The molecular weight excluding hydrogens is 693 g/mol. The Labute approximate surface area is 298 Å². The molecule has 0 spiro atoms. The Bertz CT molecular complexity index is 1860. The summed E-state index contributed by atoms with van der Waals surface area (Å²) in [4.78, 5) is 0. The normalized spacial score (nSPS) is 15.3. The van der Waals surface area contributed by atoms with Crippen LogP contribution >= 0.6 is 0 Å². The standard InChI is InChI=1S/C23H21.C13H8F2.C5H5.2ClH.Zr/c1-22(2)7-5-14-10-18-16(12-20(14)22)9-17-13-21-15(11-19(17)18)6-8-23(21,3)4;14-12-5-1-10(2-6-12)9-11-3-7-13(15)8-4-11;1-2-4-5-3-1;;;/h5-13H,1-4H3;1-8H;1-3H,4H2;2*1H;/q-1;;-1;;;+2/p-2. The van der Waals surface area contributed by atoms with Crippen LogP contribution in [0.1, 0.15) is 67.5 Å². The Morgan fingerprint density at radius 1 is 0.696 bits per heavy atom. The van der Waals surface area contributed by atoms with Gasteiger partial charge in [-0.15, -0.1) is 46.2 Å². The van der Waals surface area contributed by atoms with Gasteiger partial charge in [-0.25, -0.2) is 12.2 Å². The van der Waals surface area contributed by atoms with Gasteiger partial charge in [-0.1, -0.05) is 75.3 Å². The molecule has 0 aromatic heterocycles. The summed E-state index contributed by atoms with van der Waals surface area (Å²) in [5.74, 6) is -0.488. The maximum absolute atomic E-state index is 12.8. The van der Waals surface area contributed by atoms with Crippen molar-refractivity contribution in [1.82, 2.24) is 0 Å². The molecular formula is C41H34Cl2F2Zr-2. The molecule has 0 amide bonds. The zero-order valence-corrected chi connectivity index (χ0v) is 30.2. The van der Waals surface area contributed by atoms with Crippen LogP contribution in [0.5, 0.6) is 0 Å². The molecule has 46 heavy (non-hydrogen) atoms. The van der Waals surface area contributed by atoms with E-state index in [1.165, 1.54) is 92.3 Å². The Morgan fingerprint density at radius 2 is 1.13 bits per heavy atom. The summed E-state index contributed by atoms with van der Waals surface area (Å²) in [6, 6.07) is 24.6. The van der Waals surface area contributed by atoms with Crippen LogP contribution in [0, 0.1) is 17.7 Å². The molecule has 5 aromatic rings. The summed E-state index contributed by atoms with van der Waals surface area (Å²) in [5, 5.41) is 5.53. The van der Waals surface area contributed by atoms with E-state index in [-0.39, 0.29) is 47.3 Å². The van der Waals surface area contributed by atoms with Crippen LogP contribution in [-0.4, -0.2) is 3.21 Å². The first-order valence-corrected chi connectivity index (χ1v) is 16.2. The molecule has 0 unspecified atom stereocenters. The van der Waals surface area contributed by atoms with Crippen LogP contribution < -0.4 is 24.8 Å². The minimum Gasteiger partial charge on any atom is -1.00 e. The average Bonchev–Trinajstić information content (AvgIpc) is 3.80. The van der Waals surface area contributed by atoms with E-state index in [0.717, 1.165) is 20.8 Å². The summed E-state index contributed by atoms with van der Waals surface area (Å²) in [6.45, 7) is 9.19. The number of halogens is 4. The van der Waals surface area contributed by atoms with E-state index in [0.29, 0.717) is 0 Å². The smallest absolute Gasteiger partial charge is 0.109 e. The first kappa shape index (κ1) is 35.8. The predicted octanol–water partition coefficient (Wildman–Crippen LogP) is 4.71. The van der Waals surface area contributed by atoms with E-state index in [1.54, 1.807) is 24.3 Å². The van der Waals surface area contributed by atoms with Crippen molar-refractivity contribution in [3.63, 3.8) is 0 Å². The van der Waals surface area contributed by atoms with Gasteiger partial charge in [0, 0.05) is 10.8 Å². The molecule has 5 heteroatoms. The van der Waals surface area contributed by atoms with Crippen molar-refractivity contribution in [3.8, 4) is 0 Å². The zero-order valence-electron chi connectivity index (χ0n) is 26.3. The van der Waals surface area contributed by atoms with Gasteiger partial charge in [-0.05, 0) is 11.1 Å². The van der Waals surface area contributed by atoms with E-state index in [4.69, 9.17) is 0 Å². The van der Waals surface area contributed by atoms with Gasteiger partial charge in [0.1, 0.15) is 0 Å². The Hall–Kier alpha value is -3.10. The molecule has 3 aliphatic carbocycles. The van der Waals surface area contributed by atoms with Gasteiger partial charge >= 0.3 is 108 Å². The summed E-state index contributed by atoms with van der Waals surface area (Å²) in [6.07, 6.45) is 19.2.